The van der Waals surface area contributed by atoms with Crippen molar-refractivity contribution in [1.82, 2.24) is 10.6 Å². The Bertz CT molecular complexity index is 532. The smallest absolute Gasteiger partial charge is 0.230 e. The number of rotatable bonds is 3. The van der Waals surface area contributed by atoms with Gasteiger partial charge < -0.3 is 10.6 Å². The van der Waals surface area contributed by atoms with Gasteiger partial charge in [-0.05, 0) is 57.6 Å². The van der Waals surface area contributed by atoms with Crippen LogP contribution in [0.15, 0.2) is 24.3 Å². The van der Waals surface area contributed by atoms with Crippen molar-refractivity contribution in [1.29, 1.82) is 0 Å². The zero-order valence-electron chi connectivity index (χ0n) is 13.7. The Morgan fingerprint density at radius 2 is 1.77 bits per heavy atom. The number of benzene rings is 1. The van der Waals surface area contributed by atoms with Crippen molar-refractivity contribution < 1.29 is 4.79 Å². The number of amides is 1. The van der Waals surface area contributed by atoms with Crippen LogP contribution in [-0.4, -0.2) is 24.0 Å². The summed E-state index contributed by atoms with van der Waals surface area (Å²) in [6.07, 6.45) is 4.68. The van der Waals surface area contributed by atoms with Crippen LogP contribution in [0.2, 0.25) is 0 Å². The van der Waals surface area contributed by atoms with E-state index in [1.54, 1.807) is 0 Å². The second-order valence-corrected chi connectivity index (χ2v) is 7.22. The average Bonchev–Trinajstić information content (AvgIpc) is 2.78. The van der Waals surface area contributed by atoms with E-state index in [4.69, 9.17) is 0 Å². The summed E-state index contributed by atoms with van der Waals surface area (Å²) in [4.78, 5) is 12.8. The Balaban J connectivity index is 0.00000176. The van der Waals surface area contributed by atoms with Crippen molar-refractivity contribution in [2.75, 3.05) is 0 Å². The number of hydrogen-bond donors (Lipinski definition) is 2. The Morgan fingerprint density at radius 3 is 2.36 bits per heavy atom. The molecule has 0 spiro atoms. The summed E-state index contributed by atoms with van der Waals surface area (Å²) in [7, 11) is 0. The first-order chi connectivity index (χ1) is 9.96. The van der Waals surface area contributed by atoms with E-state index in [2.05, 4.69) is 29.7 Å². The molecular weight excluding hydrogens is 296 g/mol. The normalized spacial score (nSPS) is 27.1. The fourth-order valence-corrected chi connectivity index (χ4v) is 3.94. The average molecular weight is 323 g/mol. The van der Waals surface area contributed by atoms with Crippen LogP contribution in [-0.2, 0) is 10.2 Å². The number of hydrogen-bond acceptors (Lipinski definition) is 2. The van der Waals surface area contributed by atoms with Gasteiger partial charge >= 0.3 is 0 Å². The molecule has 2 N–H and O–H groups in total. The standard InChI is InChI=1S/C18H26N2O.ClH/c1-12-6-4-5-7-16(12)18(2,3)17(21)20-15-10-13-8-9-14(11-15)19-13;/h4-7,13-15,19H,8-11H2,1-3H3,(H,20,21);1H. The lowest BCUT2D eigenvalue weighted by molar-refractivity contribution is -0.126. The van der Waals surface area contributed by atoms with Gasteiger partial charge in [0.2, 0.25) is 5.91 Å². The molecule has 0 aliphatic carbocycles. The van der Waals surface area contributed by atoms with Gasteiger partial charge in [-0.1, -0.05) is 24.3 Å². The molecule has 2 bridgehead atoms. The maximum absolute atomic E-state index is 12.8. The minimum absolute atomic E-state index is 0. The first kappa shape index (κ1) is 17.3. The highest BCUT2D eigenvalue weighted by Crippen LogP contribution is 2.30. The van der Waals surface area contributed by atoms with Gasteiger partial charge in [-0.2, -0.15) is 0 Å². The molecule has 0 radical (unpaired) electrons. The van der Waals surface area contributed by atoms with Gasteiger partial charge in [0.05, 0.1) is 5.41 Å². The molecule has 1 aromatic rings. The van der Waals surface area contributed by atoms with E-state index in [1.807, 2.05) is 26.0 Å². The lowest BCUT2D eigenvalue weighted by Gasteiger charge is -2.33. The minimum atomic E-state index is -0.477. The number of carbonyl (C=O) groups excluding carboxylic acids is 1. The molecule has 2 heterocycles. The number of fused-ring (bicyclic) bond motifs is 2. The van der Waals surface area contributed by atoms with Gasteiger partial charge in [-0.15, -0.1) is 12.4 Å². The summed E-state index contributed by atoms with van der Waals surface area (Å²) in [5.74, 6) is 0.156. The van der Waals surface area contributed by atoms with E-state index in [9.17, 15) is 4.79 Å². The predicted molar refractivity (Wildman–Crippen MR) is 92.6 cm³/mol. The maximum Gasteiger partial charge on any atom is 0.230 e. The van der Waals surface area contributed by atoms with Crippen LogP contribution in [0.3, 0.4) is 0 Å². The molecule has 2 atom stereocenters. The van der Waals surface area contributed by atoms with Crippen LogP contribution in [0.4, 0.5) is 0 Å². The van der Waals surface area contributed by atoms with E-state index < -0.39 is 5.41 Å². The van der Waals surface area contributed by atoms with Crippen molar-refractivity contribution in [2.45, 2.75) is 70.0 Å². The van der Waals surface area contributed by atoms with Crippen LogP contribution in [0.1, 0.15) is 50.7 Å². The van der Waals surface area contributed by atoms with Gasteiger partial charge in [0.15, 0.2) is 0 Å². The predicted octanol–water partition coefficient (Wildman–Crippen LogP) is 3.09. The van der Waals surface area contributed by atoms with Crippen molar-refractivity contribution in [3.05, 3.63) is 35.4 Å². The monoisotopic (exact) mass is 322 g/mol. The van der Waals surface area contributed by atoms with Gasteiger partial charge in [0, 0.05) is 18.1 Å². The molecule has 0 saturated carbocycles. The van der Waals surface area contributed by atoms with Crippen molar-refractivity contribution in [3.8, 4) is 0 Å². The lowest BCUT2D eigenvalue weighted by atomic mass is 9.80. The Kier molecular flexibility index (Phi) is 5.18. The second kappa shape index (κ2) is 6.59. The molecule has 2 aliphatic heterocycles. The number of carbonyl (C=O) groups is 1. The van der Waals surface area contributed by atoms with Crippen molar-refractivity contribution in [2.24, 2.45) is 0 Å². The van der Waals surface area contributed by atoms with E-state index in [1.165, 1.54) is 18.4 Å². The molecule has 2 saturated heterocycles. The van der Waals surface area contributed by atoms with Crippen LogP contribution in [0.25, 0.3) is 0 Å². The molecular formula is C18H27ClN2O. The molecule has 22 heavy (non-hydrogen) atoms. The number of nitrogens with one attached hydrogen (secondary N) is 2. The topological polar surface area (TPSA) is 41.1 Å². The molecule has 3 nitrogen and oxygen atoms in total. The fraction of sp³-hybridized carbons (Fsp3) is 0.611. The van der Waals surface area contributed by atoms with Crippen molar-refractivity contribution >= 4 is 18.3 Å². The summed E-state index contributed by atoms with van der Waals surface area (Å²) >= 11 is 0. The first-order valence-corrected chi connectivity index (χ1v) is 8.10. The van der Waals surface area contributed by atoms with Gasteiger partial charge in [-0.3, -0.25) is 4.79 Å². The Hall–Kier alpha value is -1.06. The summed E-state index contributed by atoms with van der Waals surface area (Å²) in [6, 6.07) is 9.74. The number of piperidine rings is 1. The zero-order valence-corrected chi connectivity index (χ0v) is 14.5. The third-order valence-corrected chi connectivity index (χ3v) is 5.19. The summed E-state index contributed by atoms with van der Waals surface area (Å²) in [5.41, 5.74) is 1.83. The maximum atomic E-state index is 12.8. The number of halogens is 1. The largest absolute Gasteiger partial charge is 0.352 e. The van der Waals surface area contributed by atoms with Gasteiger partial charge in [-0.25, -0.2) is 0 Å². The van der Waals surface area contributed by atoms with Gasteiger partial charge in [0.25, 0.3) is 0 Å². The van der Waals surface area contributed by atoms with Crippen LogP contribution in [0.5, 0.6) is 0 Å². The number of aryl methyl sites for hydroxylation is 1. The highest BCUT2D eigenvalue weighted by Gasteiger charge is 2.37. The van der Waals surface area contributed by atoms with Crippen LogP contribution >= 0.6 is 12.4 Å². The van der Waals surface area contributed by atoms with Gasteiger partial charge in [0.1, 0.15) is 0 Å². The van der Waals surface area contributed by atoms with E-state index in [-0.39, 0.29) is 18.3 Å². The summed E-state index contributed by atoms with van der Waals surface area (Å²) in [5, 5.41) is 6.93. The molecule has 2 aliphatic rings. The van der Waals surface area contributed by atoms with E-state index >= 15 is 0 Å². The second-order valence-electron chi connectivity index (χ2n) is 7.22. The van der Waals surface area contributed by atoms with Crippen LogP contribution < -0.4 is 10.6 Å². The van der Waals surface area contributed by atoms with Crippen LogP contribution in [0, 0.1) is 6.92 Å². The van der Waals surface area contributed by atoms with E-state index in [0.29, 0.717) is 18.1 Å². The molecule has 2 fully saturated rings. The third kappa shape index (κ3) is 3.31. The quantitative estimate of drug-likeness (QED) is 0.898. The molecule has 1 amide bonds. The molecule has 4 heteroatoms. The Labute approximate surface area is 139 Å². The highest BCUT2D eigenvalue weighted by atomic mass is 35.5. The zero-order chi connectivity index (χ0) is 15.0. The summed E-state index contributed by atoms with van der Waals surface area (Å²) in [6.45, 7) is 6.13. The van der Waals surface area contributed by atoms with E-state index in [0.717, 1.165) is 18.4 Å². The SMILES string of the molecule is Cc1ccccc1C(C)(C)C(=O)NC1CC2CCC(C1)N2.Cl. The molecule has 3 rings (SSSR count). The lowest BCUT2D eigenvalue weighted by Crippen LogP contribution is -2.51. The minimum Gasteiger partial charge on any atom is -0.352 e. The molecule has 2 unspecified atom stereocenters. The highest BCUT2D eigenvalue weighted by molar-refractivity contribution is 5.88. The molecule has 0 aromatic heterocycles. The fourth-order valence-electron chi connectivity index (χ4n) is 3.94. The first-order valence-electron chi connectivity index (χ1n) is 8.10. The Morgan fingerprint density at radius 1 is 1.18 bits per heavy atom. The summed E-state index contributed by atoms with van der Waals surface area (Å²) < 4.78 is 0. The van der Waals surface area contributed by atoms with Crippen molar-refractivity contribution in [3.63, 3.8) is 0 Å². The molecule has 122 valence electrons. The molecule has 1 aromatic carbocycles. The third-order valence-electron chi connectivity index (χ3n) is 5.19.